The number of hydrogen-bond donors (Lipinski definition) is 1. The average Bonchev–Trinajstić information content (AvgIpc) is 2.80. The predicted molar refractivity (Wildman–Crippen MR) is 67.3 cm³/mol. The van der Waals surface area contributed by atoms with Gasteiger partial charge in [0.05, 0.1) is 12.0 Å². The highest BCUT2D eigenvalue weighted by atomic mass is 32.2. The van der Waals surface area contributed by atoms with Crippen LogP contribution in [-0.4, -0.2) is 0 Å². The van der Waals surface area contributed by atoms with Crippen molar-refractivity contribution >= 4 is 11.8 Å². The van der Waals surface area contributed by atoms with Crippen molar-refractivity contribution in [3.8, 4) is 0 Å². The van der Waals surface area contributed by atoms with E-state index in [1.54, 1.807) is 18.0 Å². The Labute approximate surface area is 99.8 Å². The monoisotopic (exact) mass is 233 g/mol. The molecule has 16 heavy (non-hydrogen) atoms. The third-order valence-electron chi connectivity index (χ3n) is 2.39. The van der Waals surface area contributed by atoms with Crippen LogP contribution in [0.25, 0.3) is 0 Å². The van der Waals surface area contributed by atoms with Crippen molar-refractivity contribution < 1.29 is 4.42 Å². The number of thioether (sulfide) groups is 1. The van der Waals surface area contributed by atoms with Gasteiger partial charge >= 0.3 is 0 Å². The highest BCUT2D eigenvalue weighted by Gasteiger charge is 2.03. The zero-order chi connectivity index (χ0) is 11.4. The fraction of sp³-hybridized carbons (Fsp3) is 0.231. The van der Waals surface area contributed by atoms with Gasteiger partial charge in [-0.3, -0.25) is 0 Å². The van der Waals surface area contributed by atoms with Gasteiger partial charge in [-0.2, -0.15) is 0 Å². The highest BCUT2D eigenvalue weighted by Crippen LogP contribution is 2.27. The zero-order valence-corrected chi connectivity index (χ0v) is 10.1. The first-order chi connectivity index (χ1) is 7.79. The van der Waals surface area contributed by atoms with E-state index in [1.165, 1.54) is 16.0 Å². The number of hydrogen-bond acceptors (Lipinski definition) is 3. The largest absolute Gasteiger partial charge is 0.468 e. The first-order valence-corrected chi connectivity index (χ1v) is 6.23. The maximum absolute atomic E-state index is 5.73. The number of aryl methyl sites for hydroxylation is 1. The Bertz CT molecular complexity index is 451. The van der Waals surface area contributed by atoms with Crippen LogP contribution in [0.3, 0.4) is 0 Å². The molecule has 0 unspecified atom stereocenters. The Balaban J connectivity index is 2.09. The van der Waals surface area contributed by atoms with Crippen molar-refractivity contribution in [2.75, 3.05) is 0 Å². The first kappa shape index (κ1) is 11.3. The van der Waals surface area contributed by atoms with Crippen LogP contribution in [0.2, 0.25) is 0 Å². The fourth-order valence-electron chi connectivity index (χ4n) is 1.55. The van der Waals surface area contributed by atoms with Crippen molar-refractivity contribution in [2.45, 2.75) is 24.1 Å². The summed E-state index contributed by atoms with van der Waals surface area (Å²) in [7, 11) is 0. The number of rotatable bonds is 4. The third-order valence-corrected chi connectivity index (χ3v) is 3.52. The van der Waals surface area contributed by atoms with E-state index < -0.39 is 0 Å². The molecule has 3 heteroatoms. The zero-order valence-electron chi connectivity index (χ0n) is 9.27. The van der Waals surface area contributed by atoms with Gasteiger partial charge in [0.15, 0.2) is 0 Å². The molecule has 0 bridgehead atoms. The summed E-state index contributed by atoms with van der Waals surface area (Å²) >= 11 is 1.76. The minimum Gasteiger partial charge on any atom is -0.468 e. The molecule has 0 aliphatic heterocycles. The minimum absolute atomic E-state index is 0.585. The second-order valence-electron chi connectivity index (χ2n) is 3.68. The molecule has 2 nitrogen and oxygen atoms in total. The second-order valence-corrected chi connectivity index (χ2v) is 4.70. The molecule has 0 fully saturated rings. The van der Waals surface area contributed by atoms with Crippen molar-refractivity contribution in [3.63, 3.8) is 0 Å². The molecule has 0 saturated heterocycles. The molecule has 2 N–H and O–H groups in total. The molecule has 0 saturated carbocycles. The summed E-state index contributed by atoms with van der Waals surface area (Å²) in [6, 6.07) is 10.3. The smallest absolute Gasteiger partial charge is 0.113 e. The molecule has 0 aliphatic rings. The molecule has 0 amide bonds. The Morgan fingerprint density at radius 1 is 1.31 bits per heavy atom. The van der Waals surface area contributed by atoms with Crippen LogP contribution in [0.15, 0.2) is 45.9 Å². The molecular formula is C13H15NOS. The molecule has 0 spiro atoms. The van der Waals surface area contributed by atoms with Crippen LogP contribution in [0.1, 0.15) is 16.9 Å². The maximum Gasteiger partial charge on any atom is 0.113 e. The summed E-state index contributed by atoms with van der Waals surface area (Å²) in [5, 5.41) is 0. The van der Waals surface area contributed by atoms with E-state index in [-0.39, 0.29) is 0 Å². The molecule has 84 valence electrons. The van der Waals surface area contributed by atoms with Crippen LogP contribution < -0.4 is 5.73 Å². The Morgan fingerprint density at radius 3 is 2.88 bits per heavy atom. The van der Waals surface area contributed by atoms with Gasteiger partial charge < -0.3 is 10.2 Å². The van der Waals surface area contributed by atoms with Gasteiger partial charge in [-0.25, -0.2) is 0 Å². The van der Waals surface area contributed by atoms with Crippen LogP contribution in [0.4, 0.5) is 0 Å². The lowest BCUT2D eigenvalue weighted by Gasteiger charge is -2.07. The van der Waals surface area contributed by atoms with E-state index in [0.29, 0.717) is 6.54 Å². The predicted octanol–water partition coefficient (Wildman–Crippen LogP) is 3.34. The van der Waals surface area contributed by atoms with E-state index in [4.69, 9.17) is 10.2 Å². The quantitative estimate of drug-likeness (QED) is 0.823. The summed E-state index contributed by atoms with van der Waals surface area (Å²) in [6.07, 6.45) is 1.70. The number of benzene rings is 1. The minimum atomic E-state index is 0.585. The van der Waals surface area contributed by atoms with E-state index in [2.05, 4.69) is 25.1 Å². The van der Waals surface area contributed by atoms with Gasteiger partial charge in [0.2, 0.25) is 0 Å². The SMILES string of the molecule is Cc1ccc(SCc2ccco2)c(CN)c1. The molecule has 0 radical (unpaired) electrons. The number of nitrogens with two attached hydrogens (primary N) is 1. The van der Waals surface area contributed by atoms with Gasteiger partial charge in [-0.1, -0.05) is 17.7 Å². The van der Waals surface area contributed by atoms with Crippen LogP contribution in [-0.2, 0) is 12.3 Å². The first-order valence-electron chi connectivity index (χ1n) is 5.24. The summed E-state index contributed by atoms with van der Waals surface area (Å²) in [4.78, 5) is 1.24. The Morgan fingerprint density at radius 2 is 2.19 bits per heavy atom. The Hall–Kier alpha value is -1.19. The molecule has 2 rings (SSSR count). The topological polar surface area (TPSA) is 39.2 Å². The van der Waals surface area contributed by atoms with Gasteiger partial charge in [-0.15, -0.1) is 11.8 Å². The fourth-order valence-corrected chi connectivity index (χ4v) is 2.51. The summed E-state index contributed by atoms with van der Waals surface area (Å²) in [6.45, 7) is 2.67. The average molecular weight is 233 g/mol. The highest BCUT2D eigenvalue weighted by molar-refractivity contribution is 7.98. The third kappa shape index (κ3) is 2.68. The summed E-state index contributed by atoms with van der Waals surface area (Å²) in [5.74, 6) is 1.84. The molecule has 1 aromatic heterocycles. The number of furan rings is 1. The summed E-state index contributed by atoms with van der Waals surface area (Å²) < 4.78 is 5.30. The molecule has 0 aliphatic carbocycles. The van der Waals surface area contributed by atoms with Crippen LogP contribution in [0, 0.1) is 6.92 Å². The second kappa shape index (κ2) is 5.23. The molecule has 1 aromatic carbocycles. The van der Waals surface area contributed by atoms with Gasteiger partial charge in [0, 0.05) is 11.4 Å². The lowest BCUT2D eigenvalue weighted by molar-refractivity contribution is 0.530. The van der Waals surface area contributed by atoms with E-state index >= 15 is 0 Å². The van der Waals surface area contributed by atoms with Crippen molar-refractivity contribution in [1.82, 2.24) is 0 Å². The van der Waals surface area contributed by atoms with E-state index in [0.717, 1.165) is 11.5 Å². The van der Waals surface area contributed by atoms with Gasteiger partial charge in [-0.05, 0) is 30.7 Å². The molecule has 0 atom stereocenters. The summed E-state index contributed by atoms with van der Waals surface area (Å²) in [5.41, 5.74) is 8.19. The van der Waals surface area contributed by atoms with Crippen molar-refractivity contribution in [2.24, 2.45) is 5.73 Å². The van der Waals surface area contributed by atoms with Crippen LogP contribution in [0.5, 0.6) is 0 Å². The molecule has 1 heterocycles. The maximum atomic E-state index is 5.73. The van der Waals surface area contributed by atoms with E-state index in [9.17, 15) is 0 Å². The Kier molecular flexibility index (Phi) is 3.70. The normalized spacial score (nSPS) is 10.6. The van der Waals surface area contributed by atoms with Crippen molar-refractivity contribution in [1.29, 1.82) is 0 Å². The molecule has 2 aromatic rings. The van der Waals surface area contributed by atoms with E-state index in [1.807, 2.05) is 12.1 Å². The van der Waals surface area contributed by atoms with Crippen LogP contribution >= 0.6 is 11.8 Å². The van der Waals surface area contributed by atoms with Gasteiger partial charge in [0.1, 0.15) is 5.76 Å². The van der Waals surface area contributed by atoms with Gasteiger partial charge in [0.25, 0.3) is 0 Å². The molecular weight excluding hydrogens is 218 g/mol. The van der Waals surface area contributed by atoms with Crippen molar-refractivity contribution in [3.05, 3.63) is 53.5 Å². The standard InChI is InChI=1S/C13H15NOS/c1-10-4-5-13(11(7-10)8-14)16-9-12-3-2-6-15-12/h2-7H,8-9,14H2,1H3. The lowest BCUT2D eigenvalue weighted by Crippen LogP contribution is -1.98. The lowest BCUT2D eigenvalue weighted by atomic mass is 10.1.